The van der Waals surface area contributed by atoms with E-state index in [1.807, 2.05) is 28.2 Å². The molecule has 0 radical (unpaired) electrons. The maximum Gasteiger partial charge on any atom is 0.123 e. The van der Waals surface area contributed by atoms with Crippen molar-refractivity contribution in [1.29, 1.82) is 0 Å². The van der Waals surface area contributed by atoms with Crippen molar-refractivity contribution in [2.75, 3.05) is 41.3 Å². The van der Waals surface area contributed by atoms with Crippen molar-refractivity contribution in [1.82, 2.24) is 9.80 Å². The van der Waals surface area contributed by atoms with Crippen LogP contribution in [0.25, 0.3) is 0 Å². The molecule has 0 unspecified atom stereocenters. The Bertz CT molecular complexity index is 725. The van der Waals surface area contributed by atoms with E-state index in [4.69, 9.17) is 0 Å². The fourth-order valence-corrected chi connectivity index (χ4v) is 2.57. The second-order valence-corrected chi connectivity index (χ2v) is 7.21. The van der Waals surface area contributed by atoms with Crippen LogP contribution in [0.3, 0.4) is 0 Å². The third kappa shape index (κ3) is 7.29. The molecule has 0 heterocycles. The molecule has 0 fully saturated rings. The van der Waals surface area contributed by atoms with Crippen molar-refractivity contribution < 1.29 is 8.78 Å². The predicted molar refractivity (Wildman–Crippen MR) is 112 cm³/mol. The van der Waals surface area contributed by atoms with Crippen LogP contribution < -0.4 is 0 Å². The lowest BCUT2D eigenvalue weighted by Crippen LogP contribution is -2.18. The molecule has 0 bridgehead atoms. The molecule has 0 aromatic heterocycles. The van der Waals surface area contributed by atoms with E-state index < -0.39 is 0 Å². The van der Waals surface area contributed by atoms with Gasteiger partial charge in [0.2, 0.25) is 0 Å². The standard InChI is InChI=1S/C22H28F2N4/c1-27(2)15-13-21(17-5-9-19(23)10-6-17)25-26-22(14-16-28(3)4)18-7-11-20(24)12-8-18/h5-12H,13-16H2,1-4H3/b25-21-,26-22+. The minimum absolute atomic E-state index is 0.280. The maximum atomic E-state index is 13.3. The largest absolute Gasteiger partial charge is 0.309 e. The van der Waals surface area contributed by atoms with Crippen LogP contribution in [0.4, 0.5) is 8.78 Å². The van der Waals surface area contributed by atoms with Crippen molar-refractivity contribution in [3.05, 3.63) is 71.3 Å². The molecule has 0 amide bonds. The van der Waals surface area contributed by atoms with Crippen molar-refractivity contribution >= 4 is 11.4 Å². The van der Waals surface area contributed by atoms with Crippen LogP contribution in [0, 0.1) is 11.6 Å². The van der Waals surface area contributed by atoms with Gasteiger partial charge in [-0.15, -0.1) is 0 Å². The van der Waals surface area contributed by atoms with Gasteiger partial charge in [-0.1, -0.05) is 24.3 Å². The summed E-state index contributed by atoms with van der Waals surface area (Å²) in [5, 5.41) is 9.03. The highest BCUT2D eigenvalue weighted by atomic mass is 19.1. The molecule has 0 saturated heterocycles. The van der Waals surface area contributed by atoms with Gasteiger partial charge in [0, 0.05) is 25.9 Å². The molecule has 6 heteroatoms. The predicted octanol–water partition coefficient (Wildman–Crippen LogP) is 4.06. The molecular formula is C22H28F2N4. The lowest BCUT2D eigenvalue weighted by molar-refractivity contribution is 0.421. The summed E-state index contributed by atoms with van der Waals surface area (Å²) in [4.78, 5) is 4.13. The quantitative estimate of drug-likeness (QED) is 0.481. The Labute approximate surface area is 166 Å². The molecule has 0 atom stereocenters. The van der Waals surface area contributed by atoms with E-state index in [0.717, 1.165) is 35.6 Å². The van der Waals surface area contributed by atoms with Crippen molar-refractivity contribution in [2.45, 2.75) is 12.8 Å². The molecule has 0 saturated carbocycles. The summed E-state index contributed by atoms with van der Waals surface area (Å²) < 4.78 is 26.6. The van der Waals surface area contributed by atoms with Crippen LogP contribution in [0.1, 0.15) is 24.0 Å². The van der Waals surface area contributed by atoms with E-state index >= 15 is 0 Å². The summed E-state index contributed by atoms with van der Waals surface area (Å²) in [7, 11) is 7.97. The van der Waals surface area contributed by atoms with Gasteiger partial charge in [0.15, 0.2) is 0 Å². The summed E-state index contributed by atoms with van der Waals surface area (Å²) >= 11 is 0. The first-order valence-corrected chi connectivity index (χ1v) is 9.30. The zero-order chi connectivity index (χ0) is 20.5. The van der Waals surface area contributed by atoms with Crippen LogP contribution >= 0.6 is 0 Å². The van der Waals surface area contributed by atoms with Crippen LogP contribution in [0.15, 0.2) is 58.7 Å². The van der Waals surface area contributed by atoms with E-state index in [-0.39, 0.29) is 11.6 Å². The highest BCUT2D eigenvalue weighted by Crippen LogP contribution is 2.11. The van der Waals surface area contributed by atoms with Gasteiger partial charge >= 0.3 is 0 Å². The van der Waals surface area contributed by atoms with Crippen LogP contribution in [0.5, 0.6) is 0 Å². The number of rotatable bonds is 9. The fraction of sp³-hybridized carbons (Fsp3) is 0.364. The topological polar surface area (TPSA) is 31.2 Å². The second-order valence-electron chi connectivity index (χ2n) is 7.21. The van der Waals surface area contributed by atoms with Crippen molar-refractivity contribution in [3.8, 4) is 0 Å². The van der Waals surface area contributed by atoms with Gasteiger partial charge in [0.25, 0.3) is 0 Å². The number of hydrogen-bond acceptors (Lipinski definition) is 4. The Kier molecular flexibility index (Phi) is 8.42. The van der Waals surface area contributed by atoms with Gasteiger partial charge in [-0.2, -0.15) is 10.2 Å². The zero-order valence-electron chi connectivity index (χ0n) is 17.0. The summed E-state index contributed by atoms with van der Waals surface area (Å²) in [6.07, 6.45) is 1.37. The number of halogens is 2. The highest BCUT2D eigenvalue weighted by molar-refractivity contribution is 6.03. The summed E-state index contributed by atoms with van der Waals surface area (Å²) in [6.45, 7) is 1.60. The smallest absolute Gasteiger partial charge is 0.123 e. The average molecular weight is 386 g/mol. The van der Waals surface area contributed by atoms with Gasteiger partial charge in [-0.05, 0) is 63.6 Å². The Hall–Kier alpha value is -2.44. The Balaban J connectivity index is 2.37. The first-order chi connectivity index (χ1) is 13.3. The second kappa shape index (κ2) is 10.8. The molecule has 28 heavy (non-hydrogen) atoms. The third-order valence-corrected chi connectivity index (χ3v) is 4.24. The van der Waals surface area contributed by atoms with Gasteiger partial charge < -0.3 is 9.80 Å². The Morgan fingerprint density at radius 3 is 1.25 bits per heavy atom. The summed E-state index contributed by atoms with van der Waals surface area (Å²) in [5.41, 5.74) is 3.27. The Morgan fingerprint density at radius 1 is 0.643 bits per heavy atom. The number of nitrogens with zero attached hydrogens (tertiary/aromatic N) is 4. The van der Waals surface area contributed by atoms with E-state index in [1.165, 1.54) is 24.3 Å². The molecule has 0 aliphatic carbocycles. The first-order valence-electron chi connectivity index (χ1n) is 9.30. The molecule has 0 aliphatic rings. The molecule has 4 nitrogen and oxygen atoms in total. The van der Waals surface area contributed by atoms with Gasteiger partial charge in [-0.3, -0.25) is 0 Å². The number of benzene rings is 2. The fourth-order valence-electron chi connectivity index (χ4n) is 2.57. The average Bonchev–Trinajstić information content (AvgIpc) is 2.65. The summed E-state index contributed by atoms with van der Waals surface area (Å²) in [6, 6.07) is 12.6. The Morgan fingerprint density at radius 2 is 0.964 bits per heavy atom. The lowest BCUT2D eigenvalue weighted by Gasteiger charge is -2.12. The first kappa shape index (κ1) is 21.9. The van der Waals surface area contributed by atoms with Crippen molar-refractivity contribution in [3.63, 3.8) is 0 Å². The van der Waals surface area contributed by atoms with Gasteiger partial charge in [0.1, 0.15) is 11.6 Å². The molecule has 2 aromatic rings. The monoisotopic (exact) mass is 386 g/mol. The third-order valence-electron chi connectivity index (χ3n) is 4.24. The lowest BCUT2D eigenvalue weighted by atomic mass is 10.1. The molecular weight excluding hydrogens is 358 g/mol. The molecule has 150 valence electrons. The zero-order valence-corrected chi connectivity index (χ0v) is 17.0. The molecule has 0 spiro atoms. The summed E-state index contributed by atoms with van der Waals surface area (Å²) in [5.74, 6) is -0.561. The van der Waals surface area contributed by atoms with E-state index in [2.05, 4.69) is 20.0 Å². The minimum Gasteiger partial charge on any atom is -0.309 e. The van der Waals surface area contributed by atoms with Gasteiger partial charge in [0.05, 0.1) is 11.4 Å². The number of hydrogen-bond donors (Lipinski definition) is 0. The van der Waals surface area contributed by atoms with Crippen LogP contribution in [-0.2, 0) is 0 Å². The van der Waals surface area contributed by atoms with Crippen LogP contribution in [0.2, 0.25) is 0 Å². The minimum atomic E-state index is -0.280. The maximum absolute atomic E-state index is 13.3. The van der Waals surface area contributed by atoms with E-state index in [1.54, 1.807) is 24.3 Å². The van der Waals surface area contributed by atoms with Crippen LogP contribution in [-0.4, -0.2) is 62.5 Å². The molecule has 0 aliphatic heterocycles. The van der Waals surface area contributed by atoms with E-state index in [0.29, 0.717) is 12.8 Å². The highest BCUT2D eigenvalue weighted by Gasteiger charge is 2.08. The van der Waals surface area contributed by atoms with Gasteiger partial charge in [-0.25, -0.2) is 8.78 Å². The van der Waals surface area contributed by atoms with E-state index in [9.17, 15) is 8.78 Å². The van der Waals surface area contributed by atoms with Crippen molar-refractivity contribution in [2.24, 2.45) is 10.2 Å². The SMILES string of the molecule is CN(C)CC/C(=N/N=C(\CCN(C)C)c1ccc(F)cc1)c1ccc(F)cc1. The molecule has 2 rings (SSSR count). The molecule has 0 N–H and O–H groups in total. The molecule has 2 aromatic carbocycles. The normalized spacial score (nSPS) is 12.9.